The molecule has 1 amide bonds. The molecule has 0 spiro atoms. The summed E-state index contributed by atoms with van der Waals surface area (Å²) in [6.45, 7) is 1.94. The lowest BCUT2D eigenvalue weighted by Crippen LogP contribution is -2.31. The molecule has 1 aromatic carbocycles. The Labute approximate surface area is 109 Å². The van der Waals surface area contributed by atoms with Gasteiger partial charge in [0, 0.05) is 25.2 Å². The summed E-state index contributed by atoms with van der Waals surface area (Å²) in [5, 5.41) is 2.86. The number of carbonyl (C=O) groups excluding carboxylic acids is 1. The summed E-state index contributed by atoms with van der Waals surface area (Å²) in [5.74, 6) is -0.0443. The Balaban J connectivity index is 0.00000256. The van der Waals surface area contributed by atoms with Crippen LogP contribution in [-0.2, 0) is 6.54 Å². The van der Waals surface area contributed by atoms with Gasteiger partial charge in [0.2, 0.25) is 0 Å². The highest BCUT2D eigenvalue weighted by Crippen LogP contribution is 2.04. The molecule has 0 fully saturated rings. The number of likely N-dealkylation sites (N-methyl/N-ethyl adjacent to an activating group) is 1. The lowest BCUT2D eigenvalue weighted by Gasteiger charge is -2.10. The normalized spacial score (nSPS) is 9.88. The summed E-state index contributed by atoms with van der Waals surface area (Å²) >= 11 is 0. The van der Waals surface area contributed by atoms with Gasteiger partial charge in [-0.3, -0.25) is 4.79 Å². The van der Waals surface area contributed by atoms with E-state index in [4.69, 9.17) is 5.73 Å². The maximum absolute atomic E-state index is 11.7. The predicted octanol–water partition coefficient (Wildman–Crippen LogP) is 0.859. The average molecular weight is 258 g/mol. The molecule has 0 aliphatic heterocycles. The Morgan fingerprint density at radius 3 is 2.71 bits per heavy atom. The molecule has 0 bridgehead atoms. The van der Waals surface area contributed by atoms with Gasteiger partial charge < -0.3 is 16.0 Å². The molecular weight excluding hydrogens is 238 g/mol. The van der Waals surface area contributed by atoms with E-state index in [1.54, 1.807) is 6.07 Å². The van der Waals surface area contributed by atoms with E-state index in [-0.39, 0.29) is 18.3 Å². The van der Waals surface area contributed by atoms with E-state index in [0.717, 1.165) is 12.1 Å². The third-order valence-corrected chi connectivity index (χ3v) is 2.27. The van der Waals surface area contributed by atoms with Crippen LogP contribution in [0, 0.1) is 0 Å². The van der Waals surface area contributed by atoms with Crippen LogP contribution in [0.15, 0.2) is 24.3 Å². The number of hydrogen-bond acceptors (Lipinski definition) is 3. The molecule has 0 radical (unpaired) electrons. The fraction of sp³-hybridized carbons (Fsp3) is 0.417. The molecule has 17 heavy (non-hydrogen) atoms. The van der Waals surface area contributed by atoms with E-state index in [1.807, 2.05) is 37.2 Å². The predicted molar refractivity (Wildman–Crippen MR) is 72.5 cm³/mol. The second kappa shape index (κ2) is 8.06. The van der Waals surface area contributed by atoms with Crippen molar-refractivity contribution in [2.24, 2.45) is 5.73 Å². The first kappa shape index (κ1) is 15.9. The molecule has 0 unspecified atom stereocenters. The summed E-state index contributed by atoms with van der Waals surface area (Å²) in [6, 6.07) is 7.38. The van der Waals surface area contributed by atoms with Gasteiger partial charge >= 0.3 is 0 Å². The van der Waals surface area contributed by atoms with Gasteiger partial charge in [-0.25, -0.2) is 0 Å². The topological polar surface area (TPSA) is 58.4 Å². The van der Waals surface area contributed by atoms with E-state index in [1.165, 1.54) is 0 Å². The van der Waals surface area contributed by atoms with E-state index < -0.39 is 0 Å². The van der Waals surface area contributed by atoms with Gasteiger partial charge in [-0.2, -0.15) is 0 Å². The zero-order chi connectivity index (χ0) is 12.0. The lowest BCUT2D eigenvalue weighted by atomic mass is 10.1. The van der Waals surface area contributed by atoms with Crippen LogP contribution in [-0.4, -0.2) is 38.0 Å². The number of hydrogen-bond donors (Lipinski definition) is 2. The number of nitrogens with one attached hydrogen (secondary N) is 1. The number of carbonyl (C=O) groups is 1. The third-order valence-electron chi connectivity index (χ3n) is 2.27. The summed E-state index contributed by atoms with van der Waals surface area (Å²) in [7, 11) is 3.95. The number of nitrogens with two attached hydrogens (primary N) is 1. The summed E-state index contributed by atoms with van der Waals surface area (Å²) < 4.78 is 0. The maximum Gasteiger partial charge on any atom is 0.251 e. The van der Waals surface area contributed by atoms with Gasteiger partial charge in [0.15, 0.2) is 0 Å². The van der Waals surface area contributed by atoms with Crippen LogP contribution in [0.4, 0.5) is 0 Å². The first-order valence-corrected chi connectivity index (χ1v) is 5.35. The molecule has 0 aliphatic rings. The van der Waals surface area contributed by atoms with E-state index in [2.05, 4.69) is 5.32 Å². The molecule has 4 nitrogen and oxygen atoms in total. The van der Waals surface area contributed by atoms with Gasteiger partial charge in [0.05, 0.1) is 0 Å². The van der Waals surface area contributed by atoms with Crippen LogP contribution in [0.5, 0.6) is 0 Å². The van der Waals surface area contributed by atoms with Crippen LogP contribution >= 0.6 is 12.4 Å². The number of amides is 1. The molecule has 0 saturated heterocycles. The Bertz CT molecular complexity index is 355. The molecule has 0 aliphatic carbocycles. The molecule has 1 rings (SSSR count). The maximum atomic E-state index is 11.7. The largest absolute Gasteiger partial charge is 0.351 e. The number of benzene rings is 1. The average Bonchev–Trinajstić information content (AvgIpc) is 2.28. The van der Waals surface area contributed by atoms with Crippen molar-refractivity contribution >= 4 is 18.3 Å². The van der Waals surface area contributed by atoms with Crippen molar-refractivity contribution in [3.63, 3.8) is 0 Å². The van der Waals surface area contributed by atoms with Crippen molar-refractivity contribution in [2.75, 3.05) is 27.2 Å². The van der Waals surface area contributed by atoms with Crippen LogP contribution in [0.1, 0.15) is 15.9 Å². The molecule has 0 atom stereocenters. The molecule has 0 saturated carbocycles. The fourth-order valence-electron chi connectivity index (χ4n) is 1.33. The fourth-order valence-corrected chi connectivity index (χ4v) is 1.33. The van der Waals surface area contributed by atoms with Crippen molar-refractivity contribution in [3.8, 4) is 0 Å². The monoisotopic (exact) mass is 257 g/mol. The van der Waals surface area contributed by atoms with Crippen LogP contribution in [0.25, 0.3) is 0 Å². The number of rotatable bonds is 5. The van der Waals surface area contributed by atoms with Gasteiger partial charge in [0.1, 0.15) is 0 Å². The standard InChI is InChI=1S/C12H19N3O.ClH/c1-15(2)7-6-14-12(16)11-5-3-4-10(8-11)9-13;/h3-5,8H,6-7,9,13H2,1-2H3,(H,14,16);1H. The highest BCUT2D eigenvalue weighted by molar-refractivity contribution is 5.94. The van der Waals surface area contributed by atoms with Crippen LogP contribution < -0.4 is 11.1 Å². The minimum absolute atomic E-state index is 0. The van der Waals surface area contributed by atoms with Gasteiger partial charge in [-0.05, 0) is 31.8 Å². The van der Waals surface area contributed by atoms with E-state index >= 15 is 0 Å². The molecule has 5 heteroatoms. The molecule has 3 N–H and O–H groups in total. The van der Waals surface area contributed by atoms with Crippen molar-refractivity contribution in [1.29, 1.82) is 0 Å². The zero-order valence-corrected chi connectivity index (χ0v) is 11.1. The number of nitrogens with zero attached hydrogens (tertiary/aromatic N) is 1. The first-order chi connectivity index (χ1) is 7.63. The molecule has 96 valence electrons. The Hall–Kier alpha value is -1.10. The Morgan fingerprint density at radius 1 is 1.41 bits per heavy atom. The zero-order valence-electron chi connectivity index (χ0n) is 10.3. The quantitative estimate of drug-likeness (QED) is 0.823. The van der Waals surface area contributed by atoms with Gasteiger partial charge in [0.25, 0.3) is 5.91 Å². The van der Waals surface area contributed by atoms with Crippen molar-refractivity contribution in [3.05, 3.63) is 35.4 Å². The van der Waals surface area contributed by atoms with E-state index in [9.17, 15) is 4.79 Å². The number of halogens is 1. The van der Waals surface area contributed by atoms with Crippen LogP contribution in [0.3, 0.4) is 0 Å². The minimum atomic E-state index is -0.0443. The minimum Gasteiger partial charge on any atom is -0.351 e. The van der Waals surface area contributed by atoms with Crippen LogP contribution in [0.2, 0.25) is 0 Å². The Kier molecular flexibility index (Phi) is 7.54. The van der Waals surface area contributed by atoms with Gasteiger partial charge in [-0.1, -0.05) is 12.1 Å². The first-order valence-electron chi connectivity index (χ1n) is 5.35. The second-order valence-corrected chi connectivity index (χ2v) is 3.96. The third kappa shape index (κ3) is 5.68. The smallest absolute Gasteiger partial charge is 0.251 e. The molecule has 0 aromatic heterocycles. The lowest BCUT2D eigenvalue weighted by molar-refractivity contribution is 0.0951. The molecule has 1 aromatic rings. The van der Waals surface area contributed by atoms with Crippen molar-refractivity contribution < 1.29 is 4.79 Å². The van der Waals surface area contributed by atoms with Crippen molar-refractivity contribution in [1.82, 2.24) is 10.2 Å². The van der Waals surface area contributed by atoms with E-state index in [0.29, 0.717) is 18.7 Å². The highest BCUT2D eigenvalue weighted by Gasteiger charge is 2.04. The summed E-state index contributed by atoms with van der Waals surface area (Å²) in [6.07, 6.45) is 0. The second-order valence-electron chi connectivity index (χ2n) is 3.96. The summed E-state index contributed by atoms with van der Waals surface area (Å²) in [5.41, 5.74) is 7.16. The van der Waals surface area contributed by atoms with Gasteiger partial charge in [-0.15, -0.1) is 12.4 Å². The highest BCUT2D eigenvalue weighted by atomic mass is 35.5. The molecular formula is C12H20ClN3O. The Morgan fingerprint density at radius 2 is 2.12 bits per heavy atom. The molecule has 0 heterocycles. The summed E-state index contributed by atoms with van der Waals surface area (Å²) in [4.78, 5) is 13.7. The SMILES string of the molecule is CN(C)CCNC(=O)c1cccc(CN)c1.Cl. The van der Waals surface area contributed by atoms with Crippen molar-refractivity contribution in [2.45, 2.75) is 6.54 Å².